The first-order valence-corrected chi connectivity index (χ1v) is 4.40. The van der Waals surface area contributed by atoms with E-state index in [1.807, 2.05) is 0 Å². The zero-order chi connectivity index (χ0) is 11.5. The molecule has 0 amide bonds. The van der Waals surface area contributed by atoms with Crippen LogP contribution in [0.2, 0.25) is 0 Å². The number of nitrogens with zero attached hydrogens (tertiary/aromatic N) is 1. The Morgan fingerprint density at radius 2 is 2.27 bits per heavy atom. The standard InChI is InChI=1S/C5H7NO2.C5H10O2/c1-7-3-5-2-6-8-4-5;1-5(3-6)4-7-2/h2,4H,3H2,1H3;3,6H,4H2,1-2H3/b;5-3+. The third kappa shape index (κ3) is 7.72. The third-order valence-corrected chi connectivity index (χ3v) is 1.39. The topological polar surface area (TPSA) is 64.7 Å². The van der Waals surface area contributed by atoms with E-state index < -0.39 is 0 Å². The van der Waals surface area contributed by atoms with Gasteiger partial charge in [-0.25, -0.2) is 0 Å². The van der Waals surface area contributed by atoms with Gasteiger partial charge in [0.15, 0.2) is 0 Å². The fraction of sp³-hybridized carbons (Fsp3) is 0.500. The molecule has 0 saturated carbocycles. The van der Waals surface area contributed by atoms with Crippen molar-refractivity contribution in [1.29, 1.82) is 0 Å². The fourth-order valence-electron chi connectivity index (χ4n) is 0.730. The molecule has 1 rings (SSSR count). The smallest absolute Gasteiger partial charge is 0.129 e. The minimum atomic E-state index is 0.510. The summed E-state index contributed by atoms with van der Waals surface area (Å²) in [4.78, 5) is 0. The van der Waals surface area contributed by atoms with Gasteiger partial charge in [-0.3, -0.25) is 0 Å². The molecule has 0 radical (unpaired) electrons. The second-order valence-corrected chi connectivity index (χ2v) is 2.87. The molecule has 0 bridgehead atoms. The highest BCUT2D eigenvalue weighted by Gasteiger charge is 1.90. The van der Waals surface area contributed by atoms with Crippen LogP contribution in [-0.2, 0) is 16.1 Å². The molecule has 0 atom stereocenters. The summed E-state index contributed by atoms with van der Waals surface area (Å²) in [6, 6.07) is 0. The van der Waals surface area contributed by atoms with Crippen LogP contribution >= 0.6 is 0 Å². The molecule has 5 heteroatoms. The zero-order valence-electron chi connectivity index (χ0n) is 9.27. The second-order valence-electron chi connectivity index (χ2n) is 2.87. The maximum atomic E-state index is 8.22. The van der Waals surface area contributed by atoms with Crippen molar-refractivity contribution in [1.82, 2.24) is 5.16 Å². The lowest BCUT2D eigenvalue weighted by molar-refractivity contribution is 0.184. The maximum Gasteiger partial charge on any atom is 0.129 e. The Labute approximate surface area is 89.3 Å². The van der Waals surface area contributed by atoms with Crippen molar-refractivity contribution in [3.8, 4) is 0 Å². The lowest BCUT2D eigenvalue weighted by Crippen LogP contribution is -1.88. The quantitative estimate of drug-likeness (QED) is 0.777. The predicted octanol–water partition coefficient (Wildman–Crippen LogP) is 1.92. The normalized spacial score (nSPS) is 10.7. The molecule has 0 aromatic carbocycles. The number of hydrogen-bond donors (Lipinski definition) is 1. The largest absolute Gasteiger partial charge is 0.516 e. The zero-order valence-corrected chi connectivity index (χ0v) is 9.27. The van der Waals surface area contributed by atoms with Gasteiger partial charge in [0, 0.05) is 19.8 Å². The Kier molecular flexibility index (Phi) is 8.42. The maximum absolute atomic E-state index is 8.22. The molecule has 5 nitrogen and oxygen atoms in total. The van der Waals surface area contributed by atoms with Crippen LogP contribution in [0, 0.1) is 0 Å². The lowest BCUT2D eigenvalue weighted by Gasteiger charge is -1.92. The number of aromatic nitrogens is 1. The number of hydrogen-bond acceptors (Lipinski definition) is 5. The second kappa shape index (κ2) is 9.23. The summed E-state index contributed by atoms with van der Waals surface area (Å²) in [6.07, 6.45) is 4.23. The molecule has 0 fully saturated rings. The highest BCUT2D eigenvalue weighted by atomic mass is 16.5. The minimum absolute atomic E-state index is 0.510. The van der Waals surface area contributed by atoms with Crippen molar-refractivity contribution in [2.75, 3.05) is 20.8 Å². The molecule has 1 heterocycles. The minimum Gasteiger partial charge on any atom is -0.516 e. The summed E-state index contributed by atoms with van der Waals surface area (Å²) in [6.45, 7) is 2.88. The van der Waals surface area contributed by atoms with Gasteiger partial charge >= 0.3 is 0 Å². The number of methoxy groups -OCH3 is 2. The Morgan fingerprint density at radius 1 is 1.53 bits per heavy atom. The van der Waals surface area contributed by atoms with Gasteiger partial charge in [-0.1, -0.05) is 5.16 Å². The molecule has 0 spiro atoms. The van der Waals surface area contributed by atoms with Crippen LogP contribution in [0.15, 0.2) is 28.8 Å². The van der Waals surface area contributed by atoms with Crippen molar-refractivity contribution in [2.45, 2.75) is 13.5 Å². The van der Waals surface area contributed by atoms with Crippen LogP contribution in [0.25, 0.3) is 0 Å². The van der Waals surface area contributed by atoms with E-state index >= 15 is 0 Å². The molecular formula is C10H17NO4. The van der Waals surface area contributed by atoms with E-state index in [2.05, 4.69) is 14.4 Å². The molecule has 86 valence electrons. The third-order valence-electron chi connectivity index (χ3n) is 1.39. The van der Waals surface area contributed by atoms with Crippen LogP contribution in [-0.4, -0.2) is 31.1 Å². The number of aliphatic hydroxyl groups excluding tert-OH is 1. The molecular weight excluding hydrogens is 198 g/mol. The molecule has 0 saturated heterocycles. The van der Waals surface area contributed by atoms with Crippen LogP contribution in [0.3, 0.4) is 0 Å². The van der Waals surface area contributed by atoms with E-state index in [1.54, 1.807) is 33.6 Å². The first-order valence-electron chi connectivity index (χ1n) is 4.40. The van der Waals surface area contributed by atoms with Crippen LogP contribution < -0.4 is 0 Å². The average Bonchev–Trinajstić information content (AvgIpc) is 2.72. The van der Waals surface area contributed by atoms with E-state index in [0.717, 1.165) is 17.4 Å². The van der Waals surface area contributed by atoms with E-state index in [0.29, 0.717) is 13.2 Å². The highest BCUT2D eigenvalue weighted by molar-refractivity contribution is 4.97. The Bertz CT molecular complexity index is 256. The first-order chi connectivity index (χ1) is 7.24. The molecule has 0 unspecified atom stereocenters. The SMILES string of the molecule is COC/C(C)=C/O.COCc1cnoc1. The van der Waals surface area contributed by atoms with Gasteiger partial charge in [0.25, 0.3) is 0 Å². The molecule has 1 aromatic rings. The predicted molar refractivity (Wildman–Crippen MR) is 55.5 cm³/mol. The van der Waals surface area contributed by atoms with Gasteiger partial charge in [0.05, 0.1) is 25.7 Å². The summed E-state index contributed by atoms with van der Waals surface area (Å²) < 4.78 is 14.0. The Morgan fingerprint density at radius 3 is 2.60 bits per heavy atom. The van der Waals surface area contributed by atoms with Crippen LogP contribution in [0.1, 0.15) is 12.5 Å². The van der Waals surface area contributed by atoms with E-state index in [-0.39, 0.29) is 0 Å². The number of ether oxygens (including phenoxy) is 2. The molecule has 1 N–H and O–H groups in total. The van der Waals surface area contributed by atoms with Gasteiger partial charge in [-0.2, -0.15) is 0 Å². The van der Waals surface area contributed by atoms with Crippen LogP contribution in [0.4, 0.5) is 0 Å². The first kappa shape index (κ1) is 13.7. The highest BCUT2D eigenvalue weighted by Crippen LogP contribution is 1.96. The Balaban J connectivity index is 0.000000265. The van der Waals surface area contributed by atoms with E-state index in [4.69, 9.17) is 9.84 Å². The van der Waals surface area contributed by atoms with Crippen molar-refractivity contribution in [3.63, 3.8) is 0 Å². The fourth-order valence-corrected chi connectivity index (χ4v) is 0.730. The van der Waals surface area contributed by atoms with Gasteiger partial charge in [-0.05, 0) is 12.5 Å². The van der Waals surface area contributed by atoms with E-state index in [1.165, 1.54) is 0 Å². The molecule has 0 aliphatic carbocycles. The van der Waals surface area contributed by atoms with Crippen molar-refractivity contribution >= 4 is 0 Å². The average molecular weight is 215 g/mol. The van der Waals surface area contributed by atoms with Gasteiger partial charge in [0.1, 0.15) is 6.26 Å². The summed E-state index contributed by atoms with van der Waals surface area (Å²) in [5.74, 6) is 0. The van der Waals surface area contributed by atoms with Crippen molar-refractivity contribution < 1.29 is 19.1 Å². The summed E-state index contributed by atoms with van der Waals surface area (Å²) in [5, 5.41) is 11.7. The molecule has 0 aliphatic rings. The number of rotatable bonds is 4. The molecule has 1 aromatic heterocycles. The summed E-state index contributed by atoms with van der Waals surface area (Å²) >= 11 is 0. The van der Waals surface area contributed by atoms with E-state index in [9.17, 15) is 0 Å². The Hall–Kier alpha value is -1.33. The summed E-state index contributed by atoms with van der Waals surface area (Å²) in [5.41, 5.74) is 1.80. The van der Waals surface area contributed by atoms with Gasteiger partial charge in [0.2, 0.25) is 0 Å². The number of aliphatic hydroxyl groups is 1. The molecule has 15 heavy (non-hydrogen) atoms. The van der Waals surface area contributed by atoms with Crippen molar-refractivity contribution in [2.24, 2.45) is 0 Å². The van der Waals surface area contributed by atoms with Gasteiger partial charge in [-0.15, -0.1) is 0 Å². The van der Waals surface area contributed by atoms with Gasteiger partial charge < -0.3 is 19.1 Å². The summed E-state index contributed by atoms with van der Waals surface area (Å²) in [7, 11) is 3.22. The monoisotopic (exact) mass is 215 g/mol. The van der Waals surface area contributed by atoms with Crippen LogP contribution in [0.5, 0.6) is 0 Å². The lowest BCUT2D eigenvalue weighted by atomic mass is 10.4. The van der Waals surface area contributed by atoms with Crippen molar-refractivity contribution in [3.05, 3.63) is 29.9 Å². The molecule has 0 aliphatic heterocycles.